The van der Waals surface area contributed by atoms with E-state index in [-0.39, 0.29) is 0 Å². The van der Waals surface area contributed by atoms with Crippen molar-refractivity contribution in [3.8, 4) is 0 Å². The van der Waals surface area contributed by atoms with Gasteiger partial charge in [0.25, 0.3) is 0 Å². The minimum Gasteiger partial charge on any atom is -0.357 e. The zero-order valence-corrected chi connectivity index (χ0v) is 17.1. The number of guanidine groups is 1. The van der Waals surface area contributed by atoms with Gasteiger partial charge in [-0.05, 0) is 31.7 Å². The Labute approximate surface area is 163 Å². The maximum atomic E-state index is 4.98. The summed E-state index contributed by atoms with van der Waals surface area (Å²) in [5, 5.41) is 3.50. The monoisotopic (exact) mass is 367 g/mol. The van der Waals surface area contributed by atoms with Crippen LogP contribution in [-0.2, 0) is 0 Å². The molecule has 27 heavy (non-hydrogen) atoms. The topological polar surface area (TPSA) is 45.5 Å². The Kier molecular flexibility index (Phi) is 6.54. The quantitative estimate of drug-likeness (QED) is 0.645. The minimum absolute atomic E-state index is 0.410. The van der Waals surface area contributed by atoms with Crippen LogP contribution >= 0.6 is 0 Å². The molecule has 2 heterocycles. The number of aromatic nitrogens is 2. The molecule has 1 aliphatic rings. The maximum Gasteiger partial charge on any atom is 0.194 e. The highest BCUT2D eigenvalue weighted by atomic mass is 15.3. The number of rotatable bonds is 5. The van der Waals surface area contributed by atoms with Crippen LogP contribution in [0.3, 0.4) is 0 Å². The first-order chi connectivity index (χ1) is 13.1. The minimum atomic E-state index is 0.410. The molecule has 146 valence electrons. The van der Waals surface area contributed by atoms with Gasteiger partial charge in [0.2, 0.25) is 0 Å². The summed E-state index contributed by atoms with van der Waals surface area (Å²) >= 11 is 0. The van der Waals surface area contributed by atoms with Crippen LogP contribution in [0.15, 0.2) is 48.0 Å². The summed E-state index contributed by atoms with van der Waals surface area (Å²) < 4.78 is 2.25. The molecule has 0 saturated carbocycles. The third-order valence-corrected chi connectivity index (χ3v) is 5.62. The highest BCUT2D eigenvalue weighted by molar-refractivity contribution is 5.80. The lowest BCUT2D eigenvalue weighted by molar-refractivity contribution is 0.189. The lowest BCUT2D eigenvalue weighted by Gasteiger charge is -2.39. The molecule has 0 bridgehead atoms. The second-order valence-electron chi connectivity index (χ2n) is 7.80. The van der Waals surface area contributed by atoms with Crippen LogP contribution in [0.1, 0.15) is 50.3 Å². The van der Waals surface area contributed by atoms with Crippen LogP contribution in [0.4, 0.5) is 0 Å². The third-order valence-electron chi connectivity index (χ3n) is 5.62. The van der Waals surface area contributed by atoms with E-state index in [1.165, 1.54) is 17.5 Å². The summed E-state index contributed by atoms with van der Waals surface area (Å²) in [5.41, 5.74) is 2.65. The molecule has 2 aromatic rings. The number of imidazole rings is 1. The van der Waals surface area contributed by atoms with Crippen LogP contribution in [-0.4, -0.2) is 46.6 Å². The van der Waals surface area contributed by atoms with Gasteiger partial charge in [-0.1, -0.05) is 43.7 Å². The van der Waals surface area contributed by atoms with E-state index in [0.29, 0.717) is 17.9 Å². The molecule has 0 radical (unpaired) electrons. The molecule has 0 amide bonds. The van der Waals surface area contributed by atoms with E-state index in [2.05, 4.69) is 77.9 Å². The zero-order chi connectivity index (χ0) is 19.2. The molecule has 1 aliphatic heterocycles. The average molecular weight is 368 g/mol. The summed E-state index contributed by atoms with van der Waals surface area (Å²) in [6.45, 7) is 12.6. The van der Waals surface area contributed by atoms with Gasteiger partial charge < -0.3 is 14.8 Å². The Morgan fingerprint density at radius 1 is 1.33 bits per heavy atom. The van der Waals surface area contributed by atoms with Crippen molar-refractivity contribution in [1.29, 1.82) is 0 Å². The summed E-state index contributed by atoms with van der Waals surface area (Å²) in [4.78, 5) is 11.6. The molecule has 3 atom stereocenters. The van der Waals surface area contributed by atoms with Crippen molar-refractivity contribution in [1.82, 2.24) is 19.8 Å². The van der Waals surface area contributed by atoms with Crippen molar-refractivity contribution in [2.24, 2.45) is 10.9 Å². The molecule has 1 fully saturated rings. The first-order valence-electron chi connectivity index (χ1n) is 10.2. The fourth-order valence-corrected chi connectivity index (χ4v) is 3.74. The smallest absolute Gasteiger partial charge is 0.194 e. The maximum absolute atomic E-state index is 4.98. The Morgan fingerprint density at radius 3 is 2.78 bits per heavy atom. The summed E-state index contributed by atoms with van der Waals surface area (Å²) in [7, 11) is 0. The Hall–Kier alpha value is -2.30. The van der Waals surface area contributed by atoms with Crippen LogP contribution in [0, 0.1) is 12.8 Å². The van der Waals surface area contributed by atoms with E-state index in [4.69, 9.17) is 4.99 Å². The van der Waals surface area contributed by atoms with Crippen molar-refractivity contribution in [3.63, 3.8) is 0 Å². The number of nitrogens with one attached hydrogen (secondary N) is 1. The van der Waals surface area contributed by atoms with Gasteiger partial charge in [-0.3, -0.25) is 4.99 Å². The number of piperidine rings is 1. The number of likely N-dealkylation sites (tertiary alicyclic amines) is 1. The van der Waals surface area contributed by atoms with Crippen molar-refractivity contribution in [3.05, 3.63) is 54.1 Å². The van der Waals surface area contributed by atoms with Gasteiger partial charge in [0, 0.05) is 44.5 Å². The second-order valence-corrected chi connectivity index (χ2v) is 7.80. The van der Waals surface area contributed by atoms with Crippen molar-refractivity contribution < 1.29 is 0 Å². The molecule has 0 aliphatic carbocycles. The molecule has 1 saturated heterocycles. The zero-order valence-electron chi connectivity index (χ0n) is 17.1. The van der Waals surface area contributed by atoms with E-state index in [1.807, 2.05) is 12.5 Å². The number of nitrogens with zero attached hydrogens (tertiary/aromatic N) is 4. The second kappa shape index (κ2) is 9.07. The number of benzene rings is 1. The van der Waals surface area contributed by atoms with Crippen LogP contribution < -0.4 is 5.32 Å². The molecule has 3 unspecified atom stereocenters. The van der Waals surface area contributed by atoms with Crippen molar-refractivity contribution in [2.75, 3.05) is 26.2 Å². The molecular weight excluding hydrogens is 334 g/mol. The third kappa shape index (κ3) is 4.90. The van der Waals surface area contributed by atoms with Gasteiger partial charge in [0.1, 0.15) is 0 Å². The number of aryl methyl sites for hydroxylation is 1. The predicted molar refractivity (Wildman–Crippen MR) is 112 cm³/mol. The SMILES string of the molecule is CCNC(=NCC(C)c1ccc(C)cc1)N1CCC(C)C(n2ccnc2)C1. The van der Waals surface area contributed by atoms with E-state index in [0.717, 1.165) is 32.1 Å². The molecule has 1 aromatic heterocycles. The van der Waals surface area contributed by atoms with Crippen LogP contribution in [0.2, 0.25) is 0 Å². The lowest BCUT2D eigenvalue weighted by Crippen LogP contribution is -2.49. The summed E-state index contributed by atoms with van der Waals surface area (Å²) in [6.07, 6.45) is 7.05. The van der Waals surface area contributed by atoms with Gasteiger partial charge in [0.15, 0.2) is 5.96 Å². The standard InChI is InChI=1S/C22H33N5/c1-5-24-22(25-14-19(4)20-8-6-17(2)7-9-20)26-12-10-18(3)21(15-26)27-13-11-23-16-27/h6-9,11,13,16,18-19,21H,5,10,12,14-15H2,1-4H3,(H,24,25). The lowest BCUT2D eigenvalue weighted by atomic mass is 9.93. The van der Waals surface area contributed by atoms with E-state index in [1.54, 1.807) is 0 Å². The average Bonchev–Trinajstić information content (AvgIpc) is 3.20. The highest BCUT2D eigenvalue weighted by Gasteiger charge is 2.28. The summed E-state index contributed by atoms with van der Waals surface area (Å²) in [6, 6.07) is 9.25. The fourth-order valence-electron chi connectivity index (χ4n) is 3.74. The number of hydrogen-bond acceptors (Lipinski definition) is 2. The van der Waals surface area contributed by atoms with Crippen molar-refractivity contribution >= 4 is 5.96 Å². The summed E-state index contributed by atoms with van der Waals surface area (Å²) in [5.74, 6) is 2.09. The van der Waals surface area contributed by atoms with E-state index < -0.39 is 0 Å². The van der Waals surface area contributed by atoms with Gasteiger partial charge in [-0.15, -0.1) is 0 Å². The van der Waals surface area contributed by atoms with Crippen LogP contribution in [0.5, 0.6) is 0 Å². The first kappa shape index (κ1) is 19.5. The van der Waals surface area contributed by atoms with Crippen LogP contribution in [0.25, 0.3) is 0 Å². The fraction of sp³-hybridized carbons (Fsp3) is 0.545. The number of aliphatic imine (C=N–C) groups is 1. The van der Waals surface area contributed by atoms with Crippen molar-refractivity contribution in [2.45, 2.75) is 46.1 Å². The Morgan fingerprint density at radius 2 is 2.11 bits per heavy atom. The Bertz CT molecular complexity index is 720. The number of hydrogen-bond donors (Lipinski definition) is 1. The predicted octanol–water partition coefficient (Wildman–Crippen LogP) is 3.84. The van der Waals surface area contributed by atoms with Gasteiger partial charge in [0.05, 0.1) is 12.4 Å². The molecule has 1 aromatic carbocycles. The normalized spacial score (nSPS) is 21.9. The van der Waals surface area contributed by atoms with E-state index >= 15 is 0 Å². The van der Waals surface area contributed by atoms with Gasteiger partial charge in [-0.2, -0.15) is 0 Å². The highest BCUT2D eigenvalue weighted by Crippen LogP contribution is 2.27. The first-order valence-corrected chi connectivity index (χ1v) is 10.2. The van der Waals surface area contributed by atoms with E-state index in [9.17, 15) is 0 Å². The largest absolute Gasteiger partial charge is 0.357 e. The molecule has 0 spiro atoms. The van der Waals surface area contributed by atoms with Gasteiger partial charge >= 0.3 is 0 Å². The molecule has 5 nitrogen and oxygen atoms in total. The molecule has 5 heteroatoms. The Balaban J connectivity index is 1.70. The molecule has 3 rings (SSSR count). The molecule has 1 N–H and O–H groups in total. The molecular formula is C22H33N5. The van der Waals surface area contributed by atoms with Gasteiger partial charge in [-0.25, -0.2) is 4.98 Å².